The summed E-state index contributed by atoms with van der Waals surface area (Å²) in [5.74, 6) is 0.798. The van der Waals surface area contributed by atoms with Crippen LogP contribution in [0.5, 0.6) is 5.75 Å². The number of rotatable bonds is 5. The van der Waals surface area contributed by atoms with E-state index in [0.717, 1.165) is 41.7 Å². The van der Waals surface area contributed by atoms with E-state index in [4.69, 9.17) is 4.74 Å². The first-order chi connectivity index (χ1) is 12.1. The Hall–Kier alpha value is -1.85. The van der Waals surface area contributed by atoms with E-state index in [0.29, 0.717) is 12.1 Å². The second-order valence-electron chi connectivity index (χ2n) is 6.46. The minimum Gasteiger partial charge on any atom is -0.490 e. The lowest BCUT2D eigenvalue weighted by molar-refractivity contribution is 0.0950. The fourth-order valence-electron chi connectivity index (χ4n) is 2.94. The molecule has 1 saturated heterocycles. The number of amides is 1. The first-order valence-corrected chi connectivity index (χ1v) is 9.37. The molecule has 0 atom stereocenters. The summed E-state index contributed by atoms with van der Waals surface area (Å²) in [4.78, 5) is 14.6. The van der Waals surface area contributed by atoms with Gasteiger partial charge in [0.05, 0.1) is 0 Å². The van der Waals surface area contributed by atoms with Crippen molar-refractivity contribution < 1.29 is 9.53 Å². The number of piperidine rings is 1. The van der Waals surface area contributed by atoms with Gasteiger partial charge < -0.3 is 15.0 Å². The maximum absolute atomic E-state index is 12.2. The smallest absolute Gasteiger partial charge is 0.251 e. The molecule has 1 aliphatic heterocycles. The van der Waals surface area contributed by atoms with Gasteiger partial charge in [-0.3, -0.25) is 4.79 Å². The van der Waals surface area contributed by atoms with Crippen LogP contribution in [0.15, 0.2) is 53.0 Å². The average Bonchev–Trinajstić information content (AvgIpc) is 2.62. The quantitative estimate of drug-likeness (QED) is 0.825. The van der Waals surface area contributed by atoms with Gasteiger partial charge in [0, 0.05) is 29.7 Å². The number of carbonyl (C=O) groups excluding carboxylic acids is 1. The zero-order valence-electron chi connectivity index (χ0n) is 14.4. The third-order valence-electron chi connectivity index (χ3n) is 4.41. The number of halogens is 1. The Balaban J connectivity index is 1.55. The Morgan fingerprint density at radius 1 is 1.20 bits per heavy atom. The molecule has 1 amide bonds. The van der Waals surface area contributed by atoms with Gasteiger partial charge in [-0.15, -0.1) is 0 Å². The summed E-state index contributed by atoms with van der Waals surface area (Å²) in [6.07, 6.45) is 2.39. The highest BCUT2D eigenvalue weighted by atomic mass is 79.9. The summed E-state index contributed by atoms with van der Waals surface area (Å²) in [6.45, 7) is 2.63. The zero-order chi connectivity index (χ0) is 17.6. The number of carbonyl (C=O) groups is 1. The van der Waals surface area contributed by atoms with Crippen molar-refractivity contribution in [2.24, 2.45) is 0 Å². The molecule has 2 aromatic carbocycles. The van der Waals surface area contributed by atoms with E-state index in [1.807, 2.05) is 42.5 Å². The predicted molar refractivity (Wildman–Crippen MR) is 103 cm³/mol. The second-order valence-corrected chi connectivity index (χ2v) is 7.38. The van der Waals surface area contributed by atoms with Gasteiger partial charge in [0.15, 0.2) is 0 Å². The maximum Gasteiger partial charge on any atom is 0.251 e. The third kappa shape index (κ3) is 5.31. The lowest BCUT2D eigenvalue weighted by Crippen LogP contribution is -2.35. The molecule has 0 radical (unpaired) electrons. The fourth-order valence-corrected chi connectivity index (χ4v) is 3.34. The van der Waals surface area contributed by atoms with Crippen LogP contribution >= 0.6 is 15.9 Å². The first-order valence-electron chi connectivity index (χ1n) is 8.58. The van der Waals surface area contributed by atoms with Crippen LogP contribution in [0.3, 0.4) is 0 Å². The molecule has 2 aromatic rings. The molecule has 0 spiro atoms. The number of benzene rings is 2. The van der Waals surface area contributed by atoms with Crippen LogP contribution in [-0.4, -0.2) is 37.0 Å². The van der Waals surface area contributed by atoms with Crippen molar-refractivity contribution in [2.75, 3.05) is 20.1 Å². The molecule has 1 fully saturated rings. The van der Waals surface area contributed by atoms with Crippen LogP contribution in [0.25, 0.3) is 0 Å². The van der Waals surface area contributed by atoms with Gasteiger partial charge in [0.25, 0.3) is 5.91 Å². The molecule has 1 aliphatic rings. The summed E-state index contributed by atoms with van der Waals surface area (Å²) in [5, 5.41) is 2.96. The van der Waals surface area contributed by atoms with Crippen molar-refractivity contribution in [3.05, 3.63) is 64.1 Å². The van der Waals surface area contributed by atoms with Crippen LogP contribution in [-0.2, 0) is 6.54 Å². The van der Waals surface area contributed by atoms with Crippen molar-refractivity contribution in [3.63, 3.8) is 0 Å². The molecule has 0 aliphatic carbocycles. The normalized spacial score (nSPS) is 15.8. The highest BCUT2D eigenvalue weighted by Crippen LogP contribution is 2.20. The molecule has 132 valence electrons. The van der Waals surface area contributed by atoms with Gasteiger partial charge in [-0.2, -0.15) is 0 Å². The van der Waals surface area contributed by atoms with E-state index >= 15 is 0 Å². The Morgan fingerprint density at radius 2 is 1.96 bits per heavy atom. The first kappa shape index (κ1) is 18.0. The monoisotopic (exact) mass is 402 g/mol. The van der Waals surface area contributed by atoms with E-state index in [2.05, 4.69) is 33.2 Å². The number of likely N-dealkylation sites (tertiary alicyclic amines) is 1. The van der Waals surface area contributed by atoms with Crippen LogP contribution in [0.4, 0.5) is 0 Å². The highest BCUT2D eigenvalue weighted by molar-refractivity contribution is 9.10. The lowest BCUT2D eigenvalue weighted by Gasteiger charge is -2.29. The number of nitrogens with zero attached hydrogens (tertiary/aromatic N) is 1. The van der Waals surface area contributed by atoms with Crippen molar-refractivity contribution in [1.82, 2.24) is 10.2 Å². The maximum atomic E-state index is 12.2. The van der Waals surface area contributed by atoms with E-state index in [9.17, 15) is 4.79 Å². The van der Waals surface area contributed by atoms with Gasteiger partial charge in [-0.1, -0.05) is 34.1 Å². The molecule has 1 N–H and O–H groups in total. The molecule has 3 rings (SSSR count). The van der Waals surface area contributed by atoms with Crippen molar-refractivity contribution >= 4 is 21.8 Å². The average molecular weight is 403 g/mol. The van der Waals surface area contributed by atoms with Crippen LogP contribution in [0.2, 0.25) is 0 Å². The largest absolute Gasteiger partial charge is 0.490 e. The molecule has 0 aromatic heterocycles. The lowest BCUT2D eigenvalue weighted by atomic mass is 10.1. The molecule has 4 nitrogen and oxygen atoms in total. The molecule has 0 bridgehead atoms. The highest BCUT2D eigenvalue weighted by Gasteiger charge is 2.18. The van der Waals surface area contributed by atoms with Crippen molar-refractivity contribution in [3.8, 4) is 5.75 Å². The molecule has 0 saturated carbocycles. The SMILES string of the molecule is CN1CCC(Oc2cccc(CNC(=O)c3cccc(Br)c3)c2)CC1. The Labute approximate surface area is 157 Å². The predicted octanol–water partition coefficient (Wildman–Crippen LogP) is 3.85. The zero-order valence-corrected chi connectivity index (χ0v) is 16.0. The van der Waals surface area contributed by atoms with E-state index < -0.39 is 0 Å². The molecule has 5 heteroatoms. The van der Waals surface area contributed by atoms with Crippen LogP contribution < -0.4 is 10.1 Å². The van der Waals surface area contributed by atoms with Gasteiger partial charge in [-0.05, 0) is 55.8 Å². The van der Waals surface area contributed by atoms with E-state index in [1.165, 1.54) is 0 Å². The van der Waals surface area contributed by atoms with E-state index in [1.54, 1.807) is 6.07 Å². The number of ether oxygens (including phenoxy) is 1. The molecule has 0 unspecified atom stereocenters. The number of hydrogen-bond acceptors (Lipinski definition) is 3. The molecule has 1 heterocycles. The fraction of sp³-hybridized carbons (Fsp3) is 0.350. The summed E-state index contributed by atoms with van der Waals surface area (Å²) in [6, 6.07) is 15.4. The van der Waals surface area contributed by atoms with E-state index in [-0.39, 0.29) is 12.0 Å². The summed E-state index contributed by atoms with van der Waals surface area (Å²) >= 11 is 3.39. The molecule has 25 heavy (non-hydrogen) atoms. The summed E-state index contributed by atoms with van der Waals surface area (Å²) in [5.41, 5.74) is 1.68. The minimum absolute atomic E-state index is 0.0806. The molecular weight excluding hydrogens is 380 g/mol. The summed E-state index contributed by atoms with van der Waals surface area (Å²) in [7, 11) is 2.14. The summed E-state index contributed by atoms with van der Waals surface area (Å²) < 4.78 is 7.00. The standard InChI is InChI=1S/C20H23BrN2O2/c1-23-10-8-18(9-11-23)25-19-7-2-4-15(12-19)14-22-20(24)16-5-3-6-17(21)13-16/h2-7,12-13,18H,8-11,14H2,1H3,(H,22,24). The van der Waals surface area contributed by atoms with Crippen molar-refractivity contribution in [2.45, 2.75) is 25.5 Å². The topological polar surface area (TPSA) is 41.6 Å². The Bertz CT molecular complexity index is 727. The third-order valence-corrected chi connectivity index (χ3v) is 4.90. The second kappa shape index (κ2) is 8.50. The minimum atomic E-state index is -0.0806. The van der Waals surface area contributed by atoms with Crippen molar-refractivity contribution in [1.29, 1.82) is 0 Å². The van der Waals surface area contributed by atoms with Gasteiger partial charge in [0.1, 0.15) is 11.9 Å². The number of nitrogens with one attached hydrogen (secondary N) is 1. The Kier molecular flexibility index (Phi) is 6.10. The number of hydrogen-bond donors (Lipinski definition) is 1. The Morgan fingerprint density at radius 3 is 2.72 bits per heavy atom. The van der Waals surface area contributed by atoms with Crippen LogP contribution in [0.1, 0.15) is 28.8 Å². The van der Waals surface area contributed by atoms with Gasteiger partial charge in [0.2, 0.25) is 0 Å². The van der Waals surface area contributed by atoms with Crippen LogP contribution in [0, 0.1) is 0 Å². The van der Waals surface area contributed by atoms with Gasteiger partial charge in [-0.25, -0.2) is 0 Å². The molecular formula is C20H23BrN2O2. The van der Waals surface area contributed by atoms with Gasteiger partial charge >= 0.3 is 0 Å².